The molecule has 1 unspecified atom stereocenters. The van der Waals surface area contributed by atoms with Crippen LogP contribution >= 0.6 is 0 Å². The standard InChI is InChI=1S/C7H13NO3/c1-5(2)6(8-4-9)3-7(10)11/h4-6H,3H2,1-2H3,(H,8,9)(H,10,11). The SMILES string of the molecule is CC(C)C(CC(=O)O)NC=O. The largest absolute Gasteiger partial charge is 0.481 e. The molecule has 0 aliphatic carbocycles. The van der Waals surface area contributed by atoms with E-state index in [0.717, 1.165) is 0 Å². The average molecular weight is 159 g/mol. The van der Waals surface area contributed by atoms with Crippen LogP contribution < -0.4 is 5.32 Å². The summed E-state index contributed by atoms with van der Waals surface area (Å²) in [5.74, 6) is -0.741. The number of hydrogen-bond donors (Lipinski definition) is 2. The van der Waals surface area contributed by atoms with Gasteiger partial charge < -0.3 is 10.4 Å². The van der Waals surface area contributed by atoms with Crippen molar-refractivity contribution in [3.8, 4) is 0 Å². The van der Waals surface area contributed by atoms with Crippen LogP contribution in [-0.2, 0) is 9.59 Å². The van der Waals surface area contributed by atoms with Gasteiger partial charge in [0.05, 0.1) is 6.42 Å². The van der Waals surface area contributed by atoms with Crippen molar-refractivity contribution in [2.45, 2.75) is 26.3 Å². The first kappa shape index (κ1) is 9.94. The molecule has 11 heavy (non-hydrogen) atoms. The van der Waals surface area contributed by atoms with E-state index in [9.17, 15) is 9.59 Å². The molecule has 0 rings (SSSR count). The van der Waals surface area contributed by atoms with Crippen LogP contribution in [0.25, 0.3) is 0 Å². The zero-order valence-electron chi connectivity index (χ0n) is 6.70. The molecule has 64 valence electrons. The van der Waals surface area contributed by atoms with Crippen molar-refractivity contribution in [1.82, 2.24) is 5.32 Å². The number of amides is 1. The highest BCUT2D eigenvalue weighted by molar-refractivity contribution is 5.68. The molecule has 0 aromatic rings. The fourth-order valence-corrected chi connectivity index (χ4v) is 0.763. The average Bonchev–Trinajstić information content (AvgIpc) is 1.86. The molecular weight excluding hydrogens is 146 g/mol. The lowest BCUT2D eigenvalue weighted by molar-refractivity contribution is -0.137. The van der Waals surface area contributed by atoms with Gasteiger partial charge in [0, 0.05) is 6.04 Å². The maximum Gasteiger partial charge on any atom is 0.305 e. The van der Waals surface area contributed by atoms with Gasteiger partial charge in [-0.1, -0.05) is 13.8 Å². The van der Waals surface area contributed by atoms with Gasteiger partial charge in [0.15, 0.2) is 0 Å². The molecule has 0 fully saturated rings. The van der Waals surface area contributed by atoms with E-state index in [1.54, 1.807) is 0 Å². The summed E-state index contributed by atoms with van der Waals surface area (Å²) in [5, 5.41) is 10.9. The van der Waals surface area contributed by atoms with Crippen molar-refractivity contribution in [2.24, 2.45) is 5.92 Å². The Kier molecular flexibility index (Phi) is 4.26. The van der Waals surface area contributed by atoms with Crippen LogP contribution in [-0.4, -0.2) is 23.5 Å². The van der Waals surface area contributed by atoms with Gasteiger partial charge in [-0.25, -0.2) is 0 Å². The number of aliphatic carboxylic acids is 1. The minimum absolute atomic E-state index is 0.0175. The Morgan fingerprint density at radius 1 is 1.64 bits per heavy atom. The van der Waals surface area contributed by atoms with Crippen LogP contribution in [0.3, 0.4) is 0 Å². The maximum absolute atomic E-state index is 10.2. The lowest BCUT2D eigenvalue weighted by Crippen LogP contribution is -2.34. The summed E-state index contributed by atoms with van der Waals surface area (Å²) in [7, 11) is 0. The Labute approximate surface area is 65.6 Å². The predicted octanol–water partition coefficient (Wildman–Crippen LogP) is 0.232. The number of hydrogen-bond acceptors (Lipinski definition) is 2. The third-order valence-corrected chi connectivity index (χ3v) is 1.48. The van der Waals surface area contributed by atoms with E-state index in [1.165, 1.54) is 0 Å². The van der Waals surface area contributed by atoms with E-state index in [1.807, 2.05) is 13.8 Å². The summed E-state index contributed by atoms with van der Waals surface area (Å²) in [5.41, 5.74) is 0. The molecule has 1 atom stereocenters. The maximum atomic E-state index is 10.2. The van der Waals surface area contributed by atoms with Gasteiger partial charge in [-0.15, -0.1) is 0 Å². The zero-order valence-corrected chi connectivity index (χ0v) is 6.70. The van der Waals surface area contributed by atoms with Crippen LogP contribution in [0.5, 0.6) is 0 Å². The Balaban J connectivity index is 3.88. The molecule has 2 N–H and O–H groups in total. The van der Waals surface area contributed by atoms with Crippen LogP contribution in [0.1, 0.15) is 20.3 Å². The first-order chi connectivity index (χ1) is 5.07. The van der Waals surface area contributed by atoms with Crippen LogP contribution in [0, 0.1) is 5.92 Å². The first-order valence-electron chi connectivity index (χ1n) is 3.49. The van der Waals surface area contributed by atoms with Crippen molar-refractivity contribution in [3.05, 3.63) is 0 Å². The third-order valence-electron chi connectivity index (χ3n) is 1.48. The Hall–Kier alpha value is -1.06. The minimum atomic E-state index is -0.891. The van der Waals surface area contributed by atoms with Gasteiger partial charge in [-0.05, 0) is 5.92 Å². The fourth-order valence-electron chi connectivity index (χ4n) is 0.763. The fraction of sp³-hybridized carbons (Fsp3) is 0.714. The number of carbonyl (C=O) groups excluding carboxylic acids is 1. The molecule has 4 heteroatoms. The Morgan fingerprint density at radius 2 is 2.18 bits per heavy atom. The van der Waals surface area contributed by atoms with Crippen molar-refractivity contribution in [1.29, 1.82) is 0 Å². The highest BCUT2D eigenvalue weighted by atomic mass is 16.4. The monoisotopic (exact) mass is 159 g/mol. The summed E-state index contributed by atoms with van der Waals surface area (Å²) >= 11 is 0. The molecule has 0 aliphatic rings. The van der Waals surface area contributed by atoms with Gasteiger partial charge in [0.25, 0.3) is 0 Å². The Bertz CT molecular complexity index is 145. The molecule has 0 aromatic carbocycles. The molecule has 0 spiro atoms. The second kappa shape index (κ2) is 4.71. The smallest absolute Gasteiger partial charge is 0.305 e. The van der Waals surface area contributed by atoms with E-state index in [0.29, 0.717) is 6.41 Å². The summed E-state index contributed by atoms with van der Waals surface area (Å²) in [6.45, 7) is 3.73. The minimum Gasteiger partial charge on any atom is -0.481 e. The van der Waals surface area contributed by atoms with E-state index in [-0.39, 0.29) is 18.4 Å². The van der Waals surface area contributed by atoms with Gasteiger partial charge in [0.1, 0.15) is 0 Å². The number of carboxylic acids is 1. The van der Waals surface area contributed by atoms with Crippen LogP contribution in [0.15, 0.2) is 0 Å². The highest BCUT2D eigenvalue weighted by Crippen LogP contribution is 2.04. The van der Waals surface area contributed by atoms with Crippen LogP contribution in [0.4, 0.5) is 0 Å². The van der Waals surface area contributed by atoms with Gasteiger partial charge >= 0.3 is 5.97 Å². The normalized spacial score (nSPS) is 12.6. The number of carboxylic acid groups (broad SMARTS) is 1. The lowest BCUT2D eigenvalue weighted by Gasteiger charge is -2.17. The Morgan fingerprint density at radius 3 is 2.45 bits per heavy atom. The quantitative estimate of drug-likeness (QED) is 0.564. The topological polar surface area (TPSA) is 66.4 Å². The van der Waals surface area contributed by atoms with Gasteiger partial charge in [-0.2, -0.15) is 0 Å². The highest BCUT2D eigenvalue weighted by Gasteiger charge is 2.15. The summed E-state index contributed by atoms with van der Waals surface area (Å²) in [6, 6.07) is -0.259. The molecular formula is C7H13NO3. The molecule has 0 aliphatic heterocycles. The van der Waals surface area contributed by atoms with E-state index in [4.69, 9.17) is 5.11 Å². The summed E-state index contributed by atoms with van der Waals surface area (Å²) < 4.78 is 0. The number of rotatable bonds is 5. The molecule has 0 saturated carbocycles. The molecule has 1 amide bonds. The number of nitrogens with one attached hydrogen (secondary N) is 1. The molecule has 0 radical (unpaired) electrons. The lowest BCUT2D eigenvalue weighted by atomic mass is 10.0. The van der Waals surface area contributed by atoms with Gasteiger partial charge in [0.2, 0.25) is 6.41 Å². The van der Waals surface area contributed by atoms with E-state index in [2.05, 4.69) is 5.32 Å². The summed E-state index contributed by atoms with van der Waals surface area (Å²) in [6.07, 6.45) is 0.518. The molecule has 0 aromatic heterocycles. The number of carbonyl (C=O) groups is 2. The second-order valence-electron chi connectivity index (χ2n) is 2.73. The summed E-state index contributed by atoms with van der Waals surface area (Å²) in [4.78, 5) is 20.2. The third kappa shape index (κ3) is 4.36. The molecule has 0 heterocycles. The van der Waals surface area contributed by atoms with Crippen LogP contribution in [0.2, 0.25) is 0 Å². The van der Waals surface area contributed by atoms with Crippen molar-refractivity contribution in [2.75, 3.05) is 0 Å². The van der Waals surface area contributed by atoms with E-state index >= 15 is 0 Å². The predicted molar refractivity (Wildman–Crippen MR) is 40.1 cm³/mol. The zero-order chi connectivity index (χ0) is 8.85. The molecule has 4 nitrogen and oxygen atoms in total. The first-order valence-corrected chi connectivity index (χ1v) is 3.49. The van der Waals surface area contributed by atoms with Crippen molar-refractivity contribution in [3.63, 3.8) is 0 Å². The van der Waals surface area contributed by atoms with Crippen molar-refractivity contribution >= 4 is 12.4 Å². The van der Waals surface area contributed by atoms with E-state index < -0.39 is 5.97 Å². The molecule has 0 bridgehead atoms. The molecule has 0 saturated heterocycles. The second-order valence-corrected chi connectivity index (χ2v) is 2.73. The van der Waals surface area contributed by atoms with Crippen molar-refractivity contribution < 1.29 is 14.7 Å². The van der Waals surface area contributed by atoms with Gasteiger partial charge in [-0.3, -0.25) is 9.59 Å².